The number of esters is 1. The summed E-state index contributed by atoms with van der Waals surface area (Å²) in [4.78, 5) is 21.1. The summed E-state index contributed by atoms with van der Waals surface area (Å²) in [5.41, 5.74) is -0.808. The van der Waals surface area contributed by atoms with Crippen LogP contribution in [0, 0.1) is 21.4 Å². The lowest BCUT2D eigenvalue weighted by atomic mass is 10.1. The van der Waals surface area contributed by atoms with Gasteiger partial charge in [-0.05, 0) is 6.07 Å². The number of ether oxygens (including phenoxy) is 1. The zero-order chi connectivity index (χ0) is 12.3. The third-order valence-corrected chi connectivity index (χ3v) is 2.12. The van der Waals surface area contributed by atoms with Crippen LogP contribution in [0.15, 0.2) is 12.1 Å². The highest BCUT2D eigenvalue weighted by atomic mass is 35.5. The number of methoxy groups -OCH3 is 1. The van der Waals surface area contributed by atoms with E-state index in [9.17, 15) is 14.9 Å². The first-order chi connectivity index (χ1) is 7.51. The highest BCUT2D eigenvalue weighted by Crippen LogP contribution is 2.27. The molecule has 0 amide bonds. The second-order valence-electron chi connectivity index (χ2n) is 2.71. The van der Waals surface area contributed by atoms with Crippen LogP contribution in [-0.2, 0) is 4.74 Å². The predicted octanol–water partition coefficient (Wildman–Crippen LogP) is 1.91. The van der Waals surface area contributed by atoms with E-state index in [-0.39, 0.29) is 16.1 Å². The highest BCUT2D eigenvalue weighted by Gasteiger charge is 2.23. The molecule has 0 aliphatic heterocycles. The summed E-state index contributed by atoms with van der Waals surface area (Å²) < 4.78 is 4.37. The molecule has 0 bridgehead atoms. The molecular weight excluding hydrogens is 236 g/mol. The maximum atomic E-state index is 11.2. The number of carbonyl (C=O) groups is 1. The van der Waals surface area contributed by atoms with Gasteiger partial charge in [0.15, 0.2) is 0 Å². The number of nitrogens with zero attached hydrogens (tertiary/aromatic N) is 2. The van der Waals surface area contributed by atoms with E-state index in [2.05, 4.69) is 4.74 Å². The molecule has 7 heteroatoms. The Bertz CT molecular complexity index is 507. The molecule has 0 atom stereocenters. The molecule has 1 rings (SSSR count). The third kappa shape index (κ3) is 2.10. The van der Waals surface area contributed by atoms with Gasteiger partial charge in [-0.15, -0.1) is 0 Å². The molecule has 0 heterocycles. The van der Waals surface area contributed by atoms with Gasteiger partial charge in [0, 0.05) is 6.07 Å². The summed E-state index contributed by atoms with van der Waals surface area (Å²) in [6.07, 6.45) is 0. The molecule has 0 aliphatic rings. The zero-order valence-electron chi connectivity index (χ0n) is 8.06. The molecule has 82 valence electrons. The van der Waals surface area contributed by atoms with Crippen LogP contribution < -0.4 is 0 Å². The number of carbonyl (C=O) groups excluding carboxylic acids is 1. The van der Waals surface area contributed by atoms with Crippen LogP contribution >= 0.6 is 11.6 Å². The molecule has 0 aromatic heterocycles. The van der Waals surface area contributed by atoms with Crippen molar-refractivity contribution in [2.75, 3.05) is 7.11 Å². The lowest BCUT2D eigenvalue weighted by molar-refractivity contribution is -0.385. The summed E-state index contributed by atoms with van der Waals surface area (Å²) in [5.74, 6) is -0.889. The average Bonchev–Trinajstić information content (AvgIpc) is 2.27. The Hall–Kier alpha value is -2.13. The number of halogens is 1. The van der Waals surface area contributed by atoms with Gasteiger partial charge in [0.1, 0.15) is 11.6 Å². The van der Waals surface area contributed by atoms with Gasteiger partial charge in [-0.1, -0.05) is 11.6 Å². The SMILES string of the molecule is COC(=O)c1cc(C#N)c(Cl)cc1[N+](=O)[O-]. The Kier molecular flexibility index (Phi) is 3.43. The van der Waals surface area contributed by atoms with E-state index in [0.29, 0.717) is 0 Å². The largest absolute Gasteiger partial charge is 0.465 e. The molecule has 1 aromatic carbocycles. The monoisotopic (exact) mass is 240 g/mol. The fourth-order valence-corrected chi connectivity index (χ4v) is 1.27. The number of rotatable bonds is 2. The number of benzene rings is 1. The van der Waals surface area contributed by atoms with E-state index in [1.807, 2.05) is 0 Å². The van der Waals surface area contributed by atoms with E-state index in [1.54, 1.807) is 6.07 Å². The van der Waals surface area contributed by atoms with Gasteiger partial charge < -0.3 is 4.74 Å². The topological polar surface area (TPSA) is 93.2 Å². The molecule has 16 heavy (non-hydrogen) atoms. The van der Waals surface area contributed by atoms with Crippen molar-refractivity contribution in [3.63, 3.8) is 0 Å². The quantitative estimate of drug-likeness (QED) is 0.447. The van der Waals surface area contributed by atoms with Gasteiger partial charge in [0.05, 0.1) is 22.6 Å². The van der Waals surface area contributed by atoms with Crippen LogP contribution in [0.3, 0.4) is 0 Å². The van der Waals surface area contributed by atoms with Gasteiger partial charge in [-0.25, -0.2) is 4.79 Å². The number of hydrogen-bond acceptors (Lipinski definition) is 5. The first-order valence-electron chi connectivity index (χ1n) is 3.97. The molecule has 0 spiro atoms. The Morgan fingerprint density at radius 1 is 1.62 bits per heavy atom. The van der Waals surface area contributed by atoms with Crippen LogP contribution in [0.1, 0.15) is 15.9 Å². The van der Waals surface area contributed by atoms with Gasteiger partial charge in [0.25, 0.3) is 5.69 Å². The Morgan fingerprint density at radius 2 is 2.25 bits per heavy atom. The van der Waals surface area contributed by atoms with Gasteiger partial charge in [-0.3, -0.25) is 10.1 Å². The highest BCUT2D eigenvalue weighted by molar-refractivity contribution is 6.32. The molecule has 0 saturated heterocycles. The fraction of sp³-hybridized carbons (Fsp3) is 0.111. The van der Waals surface area contributed by atoms with Gasteiger partial charge in [0.2, 0.25) is 0 Å². The molecule has 0 aliphatic carbocycles. The van der Waals surface area contributed by atoms with Gasteiger partial charge >= 0.3 is 5.97 Å². The van der Waals surface area contributed by atoms with Crippen LogP contribution in [0.5, 0.6) is 0 Å². The standard InChI is InChI=1S/C9H5ClN2O4/c1-16-9(13)6-2-5(4-11)7(10)3-8(6)12(14)15/h2-3H,1H3. The summed E-state index contributed by atoms with van der Waals surface area (Å²) in [5, 5.41) is 19.2. The smallest absolute Gasteiger partial charge is 0.344 e. The zero-order valence-corrected chi connectivity index (χ0v) is 8.82. The maximum absolute atomic E-state index is 11.2. The van der Waals surface area contributed by atoms with E-state index in [4.69, 9.17) is 16.9 Å². The number of nitro benzene ring substituents is 1. The molecule has 0 N–H and O–H groups in total. The summed E-state index contributed by atoms with van der Waals surface area (Å²) in [6, 6.07) is 3.70. The number of hydrogen-bond donors (Lipinski definition) is 0. The van der Waals surface area contributed by atoms with Crippen LogP contribution in [0.4, 0.5) is 5.69 Å². The maximum Gasteiger partial charge on any atom is 0.344 e. The van der Waals surface area contributed by atoms with Crippen molar-refractivity contribution in [2.45, 2.75) is 0 Å². The van der Waals surface area contributed by atoms with Crippen molar-refractivity contribution in [1.82, 2.24) is 0 Å². The molecule has 0 radical (unpaired) electrons. The summed E-state index contributed by atoms with van der Waals surface area (Å²) >= 11 is 5.61. The lowest BCUT2D eigenvalue weighted by Gasteiger charge is -2.02. The third-order valence-electron chi connectivity index (χ3n) is 1.81. The Balaban J connectivity index is 3.50. The van der Waals surface area contributed by atoms with Crippen LogP contribution in [0.25, 0.3) is 0 Å². The molecule has 1 aromatic rings. The fourth-order valence-electron chi connectivity index (χ4n) is 1.07. The van der Waals surface area contributed by atoms with E-state index >= 15 is 0 Å². The minimum atomic E-state index is -0.889. The molecule has 0 fully saturated rings. The van der Waals surface area contributed by atoms with Crippen molar-refractivity contribution >= 4 is 23.3 Å². The van der Waals surface area contributed by atoms with E-state index < -0.39 is 16.6 Å². The normalized spacial score (nSPS) is 9.31. The lowest BCUT2D eigenvalue weighted by Crippen LogP contribution is -2.06. The molecular formula is C9H5ClN2O4. The van der Waals surface area contributed by atoms with Crippen molar-refractivity contribution in [2.24, 2.45) is 0 Å². The van der Waals surface area contributed by atoms with E-state index in [1.165, 1.54) is 0 Å². The van der Waals surface area contributed by atoms with E-state index in [0.717, 1.165) is 19.2 Å². The van der Waals surface area contributed by atoms with Crippen LogP contribution in [0.2, 0.25) is 5.02 Å². The second kappa shape index (κ2) is 4.59. The first-order valence-corrected chi connectivity index (χ1v) is 4.35. The minimum Gasteiger partial charge on any atom is -0.465 e. The van der Waals surface area contributed by atoms with Crippen molar-refractivity contribution in [3.05, 3.63) is 38.4 Å². The Labute approximate surface area is 95.2 Å². The van der Waals surface area contributed by atoms with Gasteiger partial charge in [-0.2, -0.15) is 5.26 Å². The summed E-state index contributed by atoms with van der Waals surface area (Å²) in [6.45, 7) is 0. The average molecular weight is 241 g/mol. The minimum absolute atomic E-state index is 0.0207. The first kappa shape index (κ1) is 11.9. The molecule has 0 saturated carbocycles. The van der Waals surface area contributed by atoms with Crippen molar-refractivity contribution < 1.29 is 14.5 Å². The number of nitriles is 1. The van der Waals surface area contributed by atoms with Crippen molar-refractivity contribution in [1.29, 1.82) is 5.26 Å². The summed E-state index contributed by atoms with van der Waals surface area (Å²) in [7, 11) is 1.09. The Morgan fingerprint density at radius 3 is 2.69 bits per heavy atom. The molecule has 6 nitrogen and oxygen atoms in total. The molecule has 0 unspecified atom stereocenters. The number of nitro groups is 1. The second-order valence-corrected chi connectivity index (χ2v) is 3.12. The van der Waals surface area contributed by atoms with Crippen LogP contribution in [-0.4, -0.2) is 18.0 Å². The van der Waals surface area contributed by atoms with Crippen molar-refractivity contribution in [3.8, 4) is 6.07 Å². The predicted molar refractivity (Wildman–Crippen MR) is 54.2 cm³/mol.